The zero-order valence-corrected chi connectivity index (χ0v) is 16.7. The predicted molar refractivity (Wildman–Crippen MR) is 109 cm³/mol. The summed E-state index contributed by atoms with van der Waals surface area (Å²) in [5, 5.41) is 8.27. The summed E-state index contributed by atoms with van der Waals surface area (Å²) in [7, 11) is 0. The highest BCUT2D eigenvalue weighted by Crippen LogP contribution is 2.16. The van der Waals surface area contributed by atoms with Crippen LogP contribution in [-0.2, 0) is 13.0 Å². The average molecular weight is 390 g/mol. The molecule has 2 heterocycles. The summed E-state index contributed by atoms with van der Waals surface area (Å²) >= 11 is 6.23. The monoisotopic (exact) mass is 389 g/mol. The van der Waals surface area contributed by atoms with Crippen molar-refractivity contribution in [2.75, 3.05) is 39.3 Å². The van der Waals surface area contributed by atoms with Crippen LogP contribution >= 0.6 is 11.6 Å². The molecule has 1 aromatic carbocycles. The topological polar surface area (TPSA) is 56.9 Å². The number of nitrogens with one attached hydrogen (secondary N) is 1. The molecule has 6 nitrogen and oxygen atoms in total. The van der Waals surface area contributed by atoms with E-state index in [-0.39, 0.29) is 0 Å². The lowest BCUT2D eigenvalue weighted by Gasteiger charge is -2.36. The van der Waals surface area contributed by atoms with Crippen LogP contribution in [0.1, 0.15) is 24.6 Å². The lowest BCUT2D eigenvalue weighted by Crippen LogP contribution is -2.52. The fourth-order valence-electron chi connectivity index (χ4n) is 3.25. The van der Waals surface area contributed by atoms with Crippen LogP contribution < -0.4 is 5.32 Å². The number of aryl methyl sites for hydroxylation is 1. The summed E-state index contributed by atoms with van der Waals surface area (Å²) in [4.78, 5) is 9.57. The molecule has 0 atom stereocenters. The Labute approximate surface area is 166 Å². The van der Waals surface area contributed by atoms with Crippen molar-refractivity contribution in [3.05, 3.63) is 52.9 Å². The van der Waals surface area contributed by atoms with Gasteiger partial charge in [0.25, 0.3) is 0 Å². The van der Waals surface area contributed by atoms with E-state index >= 15 is 0 Å². The minimum Gasteiger partial charge on any atom is -0.364 e. The number of benzene rings is 1. The SMILES string of the molecule is CCNC(=NCCCc1ccccc1Cl)N1CCN(Cc2ccon2)CC1. The third kappa shape index (κ3) is 5.97. The minimum absolute atomic E-state index is 0.798. The van der Waals surface area contributed by atoms with Crippen molar-refractivity contribution in [2.24, 2.45) is 4.99 Å². The van der Waals surface area contributed by atoms with Crippen LogP contribution in [0, 0.1) is 0 Å². The summed E-state index contributed by atoms with van der Waals surface area (Å²) in [5.41, 5.74) is 2.18. The number of aliphatic imine (C=N–C) groups is 1. The van der Waals surface area contributed by atoms with Crippen LogP contribution in [0.3, 0.4) is 0 Å². The zero-order chi connectivity index (χ0) is 18.9. The first kappa shape index (κ1) is 19.7. The average Bonchev–Trinajstić information content (AvgIpc) is 3.19. The summed E-state index contributed by atoms with van der Waals surface area (Å²) in [6.45, 7) is 8.56. The number of guanidine groups is 1. The maximum Gasteiger partial charge on any atom is 0.194 e. The largest absolute Gasteiger partial charge is 0.364 e. The molecular formula is C20H28ClN5O. The summed E-state index contributed by atoms with van der Waals surface area (Å²) < 4.78 is 4.92. The highest BCUT2D eigenvalue weighted by molar-refractivity contribution is 6.31. The van der Waals surface area contributed by atoms with E-state index in [0.717, 1.165) is 75.3 Å². The van der Waals surface area contributed by atoms with Crippen molar-refractivity contribution in [3.63, 3.8) is 0 Å². The van der Waals surface area contributed by atoms with Crippen molar-refractivity contribution < 1.29 is 4.52 Å². The molecule has 0 saturated carbocycles. The fraction of sp³-hybridized carbons (Fsp3) is 0.500. The van der Waals surface area contributed by atoms with E-state index in [1.165, 1.54) is 5.56 Å². The van der Waals surface area contributed by atoms with Gasteiger partial charge < -0.3 is 14.7 Å². The molecule has 1 aliphatic heterocycles. The van der Waals surface area contributed by atoms with E-state index < -0.39 is 0 Å². The standard InChI is InChI=1S/C20H28ClN5O/c1-2-22-20(23-10-5-7-17-6-3-4-8-19(17)21)26-13-11-25(12-14-26)16-18-9-15-27-24-18/h3-4,6,8-9,15H,2,5,7,10-14,16H2,1H3,(H,22,23). The molecule has 27 heavy (non-hydrogen) atoms. The second-order valence-electron chi connectivity index (χ2n) is 6.68. The Hall–Kier alpha value is -2.05. The molecule has 146 valence electrons. The lowest BCUT2D eigenvalue weighted by molar-refractivity contribution is 0.169. The third-order valence-corrected chi connectivity index (χ3v) is 5.08. The van der Waals surface area contributed by atoms with Gasteiger partial charge in [-0.2, -0.15) is 0 Å². The molecule has 2 aromatic rings. The maximum absolute atomic E-state index is 6.23. The van der Waals surface area contributed by atoms with Crippen molar-refractivity contribution in [1.29, 1.82) is 0 Å². The first-order valence-electron chi connectivity index (χ1n) is 9.64. The molecule has 0 aliphatic carbocycles. The highest BCUT2D eigenvalue weighted by Gasteiger charge is 2.20. The van der Waals surface area contributed by atoms with Crippen LogP contribution in [0.15, 0.2) is 46.1 Å². The molecule has 1 aromatic heterocycles. The van der Waals surface area contributed by atoms with E-state index in [0.29, 0.717) is 0 Å². The number of piperazine rings is 1. The molecule has 1 N–H and O–H groups in total. The van der Waals surface area contributed by atoms with Gasteiger partial charge in [-0.05, 0) is 31.4 Å². The molecule has 0 unspecified atom stereocenters. The first-order valence-corrected chi connectivity index (χ1v) is 10.0. The molecule has 0 bridgehead atoms. The number of rotatable bonds is 7. The van der Waals surface area contributed by atoms with Gasteiger partial charge in [-0.15, -0.1) is 0 Å². The lowest BCUT2D eigenvalue weighted by atomic mass is 10.1. The highest BCUT2D eigenvalue weighted by atomic mass is 35.5. The Morgan fingerprint density at radius 3 is 2.74 bits per heavy atom. The Bertz CT molecular complexity index is 711. The Morgan fingerprint density at radius 2 is 2.04 bits per heavy atom. The van der Waals surface area contributed by atoms with E-state index in [2.05, 4.69) is 33.3 Å². The minimum atomic E-state index is 0.798. The molecule has 1 fully saturated rings. The number of hydrogen-bond acceptors (Lipinski definition) is 4. The van der Waals surface area contributed by atoms with Crippen molar-refractivity contribution in [2.45, 2.75) is 26.3 Å². The van der Waals surface area contributed by atoms with Gasteiger partial charge in [0.15, 0.2) is 5.96 Å². The smallest absolute Gasteiger partial charge is 0.194 e. The van der Waals surface area contributed by atoms with Gasteiger partial charge in [-0.3, -0.25) is 9.89 Å². The second-order valence-corrected chi connectivity index (χ2v) is 7.09. The number of nitrogens with zero attached hydrogens (tertiary/aromatic N) is 4. The molecular weight excluding hydrogens is 362 g/mol. The van der Waals surface area contributed by atoms with Gasteiger partial charge in [0.2, 0.25) is 0 Å². The Kier molecular flexibility index (Phi) is 7.54. The van der Waals surface area contributed by atoms with Gasteiger partial charge in [0.05, 0.1) is 5.69 Å². The number of aromatic nitrogens is 1. The van der Waals surface area contributed by atoms with Crippen LogP contribution in [0.4, 0.5) is 0 Å². The van der Waals surface area contributed by atoms with Crippen LogP contribution in [0.2, 0.25) is 5.02 Å². The zero-order valence-electron chi connectivity index (χ0n) is 15.9. The van der Waals surface area contributed by atoms with Crippen LogP contribution in [0.25, 0.3) is 0 Å². The van der Waals surface area contributed by atoms with Crippen molar-refractivity contribution >= 4 is 17.6 Å². The van der Waals surface area contributed by atoms with E-state index in [1.54, 1.807) is 6.26 Å². The van der Waals surface area contributed by atoms with Crippen LogP contribution in [-0.4, -0.2) is 60.2 Å². The third-order valence-electron chi connectivity index (χ3n) is 4.71. The van der Waals surface area contributed by atoms with E-state index in [1.807, 2.05) is 24.3 Å². The predicted octanol–water partition coefficient (Wildman–Crippen LogP) is 3.04. The first-order chi connectivity index (χ1) is 13.3. The Balaban J connectivity index is 1.46. The quantitative estimate of drug-likeness (QED) is 0.448. The normalized spacial score (nSPS) is 15.9. The fourth-order valence-corrected chi connectivity index (χ4v) is 3.48. The molecule has 0 spiro atoms. The van der Waals surface area contributed by atoms with E-state index in [9.17, 15) is 0 Å². The molecule has 7 heteroatoms. The molecule has 1 aliphatic rings. The molecule has 3 rings (SSSR count). The molecule has 1 saturated heterocycles. The van der Waals surface area contributed by atoms with Gasteiger partial charge in [-0.25, -0.2) is 0 Å². The molecule has 0 radical (unpaired) electrons. The van der Waals surface area contributed by atoms with Gasteiger partial charge in [0.1, 0.15) is 6.26 Å². The van der Waals surface area contributed by atoms with Gasteiger partial charge in [-0.1, -0.05) is 35.0 Å². The van der Waals surface area contributed by atoms with Gasteiger partial charge in [0, 0.05) is 56.9 Å². The van der Waals surface area contributed by atoms with E-state index in [4.69, 9.17) is 21.1 Å². The number of halogens is 1. The van der Waals surface area contributed by atoms with Crippen molar-refractivity contribution in [3.8, 4) is 0 Å². The maximum atomic E-state index is 6.23. The van der Waals surface area contributed by atoms with Crippen LogP contribution in [0.5, 0.6) is 0 Å². The number of hydrogen-bond donors (Lipinski definition) is 1. The summed E-state index contributed by atoms with van der Waals surface area (Å²) in [5.74, 6) is 1.01. The van der Waals surface area contributed by atoms with Crippen molar-refractivity contribution in [1.82, 2.24) is 20.3 Å². The summed E-state index contributed by atoms with van der Waals surface area (Å²) in [6.07, 6.45) is 3.57. The molecule has 0 amide bonds. The Morgan fingerprint density at radius 1 is 1.22 bits per heavy atom. The second kappa shape index (κ2) is 10.3. The summed E-state index contributed by atoms with van der Waals surface area (Å²) in [6, 6.07) is 9.97. The van der Waals surface area contributed by atoms with Gasteiger partial charge >= 0.3 is 0 Å².